The summed E-state index contributed by atoms with van der Waals surface area (Å²) < 4.78 is 8.89. The Morgan fingerprint density at radius 2 is 1.85 bits per heavy atom. The Kier molecular flexibility index (Phi) is 5.21. The molecule has 0 unspecified atom stereocenters. The van der Waals surface area contributed by atoms with Crippen LogP contribution in [0.3, 0.4) is 0 Å². The van der Waals surface area contributed by atoms with Gasteiger partial charge in [-0.3, -0.25) is 4.79 Å². The van der Waals surface area contributed by atoms with Gasteiger partial charge in [-0.15, -0.1) is 0 Å². The third-order valence-corrected chi connectivity index (χ3v) is 4.42. The molecule has 0 saturated heterocycles. The molecule has 0 radical (unpaired) electrons. The fourth-order valence-electron chi connectivity index (χ4n) is 3.24. The fourth-order valence-corrected chi connectivity index (χ4v) is 3.24. The van der Waals surface area contributed by atoms with Crippen LogP contribution < -0.4 is 0 Å². The van der Waals surface area contributed by atoms with Crippen molar-refractivity contribution in [2.45, 2.75) is 33.7 Å². The van der Waals surface area contributed by atoms with Gasteiger partial charge >= 0.3 is 5.97 Å². The number of nitrogens with zero attached hydrogens (tertiary/aromatic N) is 4. The van der Waals surface area contributed by atoms with Crippen LogP contribution in [-0.4, -0.2) is 37.7 Å². The first-order valence-electron chi connectivity index (χ1n) is 8.72. The first kappa shape index (κ1) is 18.6. The van der Waals surface area contributed by atoms with Crippen LogP contribution in [0.4, 0.5) is 0 Å². The molecule has 2 aromatic heterocycles. The number of aromatic nitrogens is 4. The van der Waals surface area contributed by atoms with Crippen molar-refractivity contribution >= 4 is 11.8 Å². The molecule has 27 heavy (non-hydrogen) atoms. The van der Waals surface area contributed by atoms with Crippen molar-refractivity contribution in [3.8, 4) is 5.69 Å². The summed E-state index contributed by atoms with van der Waals surface area (Å²) in [5.41, 5.74) is 3.65. The standard InChI is InChI=1S/C20H22N4O3/c1-13(2)24-14(3)9-18(15(24)4)19(25)10-27-20(26)16-5-7-17(8-6-16)23-12-21-11-22-23/h5-9,11-13H,10H2,1-4H3. The summed E-state index contributed by atoms with van der Waals surface area (Å²) in [4.78, 5) is 28.6. The summed E-state index contributed by atoms with van der Waals surface area (Å²) in [7, 11) is 0. The number of ether oxygens (including phenoxy) is 1. The van der Waals surface area contributed by atoms with E-state index in [2.05, 4.69) is 28.5 Å². The molecule has 7 heteroatoms. The smallest absolute Gasteiger partial charge is 0.338 e. The number of esters is 1. The number of rotatable bonds is 6. The molecule has 3 aromatic rings. The van der Waals surface area contributed by atoms with E-state index in [1.165, 1.54) is 6.33 Å². The summed E-state index contributed by atoms with van der Waals surface area (Å²) >= 11 is 0. The molecule has 0 bridgehead atoms. The van der Waals surface area contributed by atoms with Crippen LogP contribution in [0, 0.1) is 13.8 Å². The largest absolute Gasteiger partial charge is 0.454 e. The summed E-state index contributed by atoms with van der Waals surface area (Å²) in [6.07, 6.45) is 3.00. The molecule has 2 heterocycles. The van der Waals surface area contributed by atoms with Crippen LogP contribution in [-0.2, 0) is 4.74 Å². The second-order valence-electron chi connectivity index (χ2n) is 6.63. The fraction of sp³-hybridized carbons (Fsp3) is 0.300. The van der Waals surface area contributed by atoms with Crippen molar-refractivity contribution in [2.75, 3.05) is 6.61 Å². The monoisotopic (exact) mass is 366 g/mol. The predicted octanol–water partition coefficient (Wildman–Crippen LogP) is 3.31. The quantitative estimate of drug-likeness (QED) is 0.494. The van der Waals surface area contributed by atoms with Crippen LogP contribution in [0.2, 0.25) is 0 Å². The van der Waals surface area contributed by atoms with E-state index < -0.39 is 5.97 Å². The zero-order valence-electron chi connectivity index (χ0n) is 15.8. The Hall–Kier alpha value is -3.22. The number of carbonyl (C=O) groups is 2. The lowest BCUT2D eigenvalue weighted by Crippen LogP contribution is -2.15. The van der Waals surface area contributed by atoms with E-state index in [9.17, 15) is 9.59 Å². The lowest BCUT2D eigenvalue weighted by atomic mass is 10.1. The molecule has 140 valence electrons. The molecule has 0 saturated carbocycles. The van der Waals surface area contributed by atoms with Crippen molar-refractivity contribution in [3.05, 3.63) is 65.5 Å². The minimum Gasteiger partial charge on any atom is -0.454 e. The van der Waals surface area contributed by atoms with Gasteiger partial charge in [0.1, 0.15) is 12.7 Å². The van der Waals surface area contributed by atoms with Crippen molar-refractivity contribution < 1.29 is 14.3 Å². The normalized spacial score (nSPS) is 11.0. The Bertz CT molecular complexity index is 954. The molecule has 0 N–H and O–H groups in total. The van der Waals surface area contributed by atoms with Crippen molar-refractivity contribution in [1.82, 2.24) is 19.3 Å². The number of Topliss-reactive ketones (excluding diaryl/α,β-unsaturated/α-hetero) is 1. The highest BCUT2D eigenvalue weighted by atomic mass is 16.5. The SMILES string of the molecule is Cc1cc(C(=O)COC(=O)c2ccc(-n3cncn3)cc2)c(C)n1C(C)C. The van der Waals surface area contributed by atoms with Gasteiger partial charge in [-0.05, 0) is 58.0 Å². The third-order valence-electron chi connectivity index (χ3n) is 4.42. The Balaban J connectivity index is 1.65. The first-order chi connectivity index (χ1) is 12.9. The molecule has 3 rings (SSSR count). The highest BCUT2D eigenvalue weighted by Crippen LogP contribution is 2.20. The summed E-state index contributed by atoms with van der Waals surface area (Å²) in [5, 5.41) is 4.03. The molecular weight excluding hydrogens is 344 g/mol. The number of hydrogen-bond donors (Lipinski definition) is 0. The summed E-state index contributed by atoms with van der Waals surface area (Å²) in [6.45, 7) is 7.72. The number of ketones is 1. The van der Waals surface area contributed by atoms with Crippen LogP contribution in [0.15, 0.2) is 43.0 Å². The maximum atomic E-state index is 12.5. The van der Waals surface area contributed by atoms with E-state index in [1.807, 2.05) is 19.9 Å². The summed E-state index contributed by atoms with van der Waals surface area (Å²) in [6, 6.07) is 8.85. The van der Waals surface area contributed by atoms with Gasteiger partial charge in [-0.25, -0.2) is 14.5 Å². The van der Waals surface area contributed by atoms with E-state index in [1.54, 1.807) is 35.3 Å². The Morgan fingerprint density at radius 1 is 1.15 bits per heavy atom. The topological polar surface area (TPSA) is 79.0 Å². The predicted molar refractivity (Wildman–Crippen MR) is 100 cm³/mol. The number of benzene rings is 1. The number of aryl methyl sites for hydroxylation is 1. The molecular formula is C20H22N4O3. The van der Waals surface area contributed by atoms with Crippen molar-refractivity contribution in [1.29, 1.82) is 0 Å². The molecule has 7 nitrogen and oxygen atoms in total. The number of hydrogen-bond acceptors (Lipinski definition) is 5. The maximum absolute atomic E-state index is 12.5. The van der Waals surface area contributed by atoms with Gasteiger partial charge in [-0.1, -0.05) is 0 Å². The third kappa shape index (κ3) is 3.81. The lowest BCUT2D eigenvalue weighted by molar-refractivity contribution is 0.0474. The molecule has 0 spiro atoms. The van der Waals surface area contributed by atoms with Crippen LogP contribution in [0.25, 0.3) is 5.69 Å². The second kappa shape index (κ2) is 7.57. The van der Waals surface area contributed by atoms with Gasteiger partial charge in [0.2, 0.25) is 5.78 Å². The van der Waals surface area contributed by atoms with E-state index in [-0.39, 0.29) is 18.4 Å². The Morgan fingerprint density at radius 3 is 2.41 bits per heavy atom. The van der Waals surface area contributed by atoms with Gasteiger partial charge in [0.25, 0.3) is 0 Å². The molecule has 0 aliphatic heterocycles. The maximum Gasteiger partial charge on any atom is 0.338 e. The van der Waals surface area contributed by atoms with Gasteiger partial charge in [0.05, 0.1) is 11.3 Å². The average Bonchev–Trinajstić information content (AvgIpc) is 3.27. The number of carbonyl (C=O) groups excluding carboxylic acids is 2. The minimum absolute atomic E-state index is 0.206. The van der Waals surface area contributed by atoms with E-state index in [0.717, 1.165) is 17.1 Å². The molecule has 0 aliphatic rings. The van der Waals surface area contributed by atoms with Gasteiger partial charge in [-0.2, -0.15) is 5.10 Å². The van der Waals surface area contributed by atoms with Gasteiger partial charge < -0.3 is 9.30 Å². The average molecular weight is 366 g/mol. The van der Waals surface area contributed by atoms with E-state index in [4.69, 9.17) is 4.74 Å². The highest BCUT2D eigenvalue weighted by molar-refractivity contribution is 6.00. The molecule has 1 aromatic carbocycles. The molecule has 0 aliphatic carbocycles. The Labute approximate surface area is 157 Å². The second-order valence-corrected chi connectivity index (χ2v) is 6.63. The van der Waals surface area contributed by atoms with Crippen LogP contribution in [0.5, 0.6) is 0 Å². The van der Waals surface area contributed by atoms with Crippen molar-refractivity contribution in [3.63, 3.8) is 0 Å². The zero-order chi connectivity index (χ0) is 19.6. The zero-order valence-corrected chi connectivity index (χ0v) is 15.8. The van der Waals surface area contributed by atoms with Crippen molar-refractivity contribution in [2.24, 2.45) is 0 Å². The van der Waals surface area contributed by atoms with Gasteiger partial charge in [0, 0.05) is 23.0 Å². The molecule has 0 atom stereocenters. The molecule has 0 amide bonds. The summed E-state index contributed by atoms with van der Waals surface area (Å²) in [5.74, 6) is -0.742. The minimum atomic E-state index is -0.536. The van der Waals surface area contributed by atoms with Crippen LogP contribution in [0.1, 0.15) is 52.0 Å². The first-order valence-corrected chi connectivity index (χ1v) is 8.72. The van der Waals surface area contributed by atoms with E-state index >= 15 is 0 Å². The highest BCUT2D eigenvalue weighted by Gasteiger charge is 2.19. The molecule has 0 fully saturated rings. The van der Waals surface area contributed by atoms with E-state index in [0.29, 0.717) is 11.1 Å². The lowest BCUT2D eigenvalue weighted by Gasteiger charge is -2.13. The van der Waals surface area contributed by atoms with Crippen LogP contribution >= 0.6 is 0 Å². The van der Waals surface area contributed by atoms with Gasteiger partial charge in [0.15, 0.2) is 6.61 Å².